The molecule has 0 fully saturated rings. The van der Waals surface area contributed by atoms with Crippen molar-refractivity contribution in [3.63, 3.8) is 0 Å². The van der Waals surface area contributed by atoms with Gasteiger partial charge < -0.3 is 151 Å². The van der Waals surface area contributed by atoms with E-state index in [1.165, 1.54) is 30.5 Å². The minimum atomic E-state index is -2.20. The number of carboxylic acid groups (broad SMARTS) is 3. The first-order chi connectivity index (χ1) is 51.7. The Morgan fingerprint density at radius 1 is 0.436 bits per heavy atom. The lowest BCUT2D eigenvalue weighted by Crippen LogP contribution is -2.59. The Morgan fingerprint density at radius 3 is 1.15 bits per heavy atom. The van der Waals surface area contributed by atoms with Crippen LogP contribution in [0.1, 0.15) is 100 Å². The predicted octanol–water partition coefficient (Wildman–Crippen LogP) is -13.4. The van der Waals surface area contributed by atoms with Gasteiger partial charge in [-0.1, -0.05) is 0 Å². The number of fused-ring (bicyclic) bond motifs is 1. The summed E-state index contributed by atoms with van der Waals surface area (Å²) >= 11 is 0. The molecule has 0 saturated carbocycles. The predicted molar refractivity (Wildman–Crippen MR) is 368 cm³/mol. The Morgan fingerprint density at radius 2 is 0.782 bits per heavy atom. The number of nitrogen functional groups attached to an aromatic ring is 1. The summed E-state index contributed by atoms with van der Waals surface area (Å²) < 4.78 is 0. The van der Waals surface area contributed by atoms with Gasteiger partial charge >= 0.3 is 17.9 Å². The van der Waals surface area contributed by atoms with Crippen molar-refractivity contribution in [2.45, 2.75) is 200 Å². The summed E-state index contributed by atoms with van der Waals surface area (Å²) in [7, 11) is 0. The van der Waals surface area contributed by atoms with E-state index in [4.69, 9.17) is 21.1 Å². The number of hydrogen-bond acceptors (Lipinski definition) is 34. The lowest BCUT2D eigenvalue weighted by molar-refractivity contribution is -0.140. The molecule has 9 amide bonds. The largest absolute Gasteiger partial charge is 0.481 e. The molecule has 47 nitrogen and oxygen atoms in total. The number of aromatic amines is 1. The van der Waals surface area contributed by atoms with Crippen molar-refractivity contribution in [2.24, 2.45) is 0 Å². The Labute approximate surface area is 622 Å². The maximum absolute atomic E-state index is 14.5. The van der Waals surface area contributed by atoms with Gasteiger partial charge in [0, 0.05) is 69.4 Å². The number of H-pyrrole nitrogens is 1. The van der Waals surface area contributed by atoms with Crippen LogP contribution in [0.3, 0.4) is 0 Å². The fourth-order valence-electron chi connectivity index (χ4n) is 9.90. The van der Waals surface area contributed by atoms with E-state index < -0.39 is 308 Å². The first kappa shape index (κ1) is 94.0. The molecular weight excluding hydrogens is 1480 g/mol. The number of aliphatic hydroxyl groups is 15. The molecule has 31 N–H and O–H groups in total. The minimum Gasteiger partial charge on any atom is -0.481 e. The summed E-state index contributed by atoms with van der Waals surface area (Å²) in [4.78, 5) is 200. The first-order valence-electron chi connectivity index (χ1n) is 33.9. The van der Waals surface area contributed by atoms with Gasteiger partial charge in [-0.05, 0) is 69.7 Å². The van der Waals surface area contributed by atoms with Gasteiger partial charge in [0.15, 0.2) is 16.9 Å². The zero-order valence-electron chi connectivity index (χ0n) is 58.9. The van der Waals surface area contributed by atoms with E-state index in [0.717, 1.165) is 6.92 Å². The zero-order valence-corrected chi connectivity index (χ0v) is 58.9. The van der Waals surface area contributed by atoms with Crippen molar-refractivity contribution in [2.75, 3.05) is 50.5 Å². The average molecular weight is 1570 g/mol. The highest BCUT2D eigenvalue weighted by Gasteiger charge is 2.37. The molecule has 0 radical (unpaired) electrons. The summed E-state index contributed by atoms with van der Waals surface area (Å²) in [5.41, 5.74) is 5.42. The molecule has 1 aromatic carbocycles. The molecular formula is C63H95N15O32. The van der Waals surface area contributed by atoms with Crippen molar-refractivity contribution in [3.8, 4) is 0 Å². The van der Waals surface area contributed by atoms with Crippen LogP contribution >= 0.6 is 0 Å². The van der Waals surface area contributed by atoms with Crippen LogP contribution in [0.15, 0.2) is 35.3 Å². The van der Waals surface area contributed by atoms with Crippen LogP contribution < -0.4 is 64.5 Å². The van der Waals surface area contributed by atoms with Gasteiger partial charge in [0.1, 0.15) is 85.1 Å². The van der Waals surface area contributed by atoms with Crippen LogP contribution in [0.25, 0.3) is 11.2 Å². The maximum Gasteiger partial charge on any atom is 0.326 e. The van der Waals surface area contributed by atoms with E-state index >= 15 is 0 Å². The van der Waals surface area contributed by atoms with E-state index in [9.17, 15) is 144 Å². The Hall–Kier alpha value is -10.3. The van der Waals surface area contributed by atoms with Crippen LogP contribution in [0, 0.1) is 0 Å². The smallest absolute Gasteiger partial charge is 0.326 e. The molecule has 0 unspecified atom stereocenters. The standard InChI is InChI=1S/C63H95N15O32/c1-26(82)30(6-12-42(89)66-20-36(83)49(97)52(100)39(86)23-79)72-58(105)33(10-16-46(93)94)75-59(106)32(8-14-44(91)68-22-38(85)51(99)54(102)41(88)25-81)73-60(107)34(11-17-47(95)96)74-57(104)31(7-13-43(90)67-21-37(84)50(98)53(101)40(87)24-80)71-45(92)15-9-35(62(109)110)76-56(103)27-2-4-28(5-3-27)65-18-29-19-69-55-48(70-29)61(108)78-63(64)77-55/h2-5,19,30-41,49-54,65,79-81,83-88,97-102H,6-18,20-25H2,1H3,(H,66,89)(H,67,90)(H,68,91)(H,71,92)(H,72,105)(H,73,107)(H,74,104)(H,75,106)(H,76,103)(H,93,94)(H,95,96)(H,109,110)(H3,64,69,77,78,108)/t30-,31-,32-,33-,34-,35-,36-,37-,38-,39+,40+,41+,49+,50+,51+,52+,53+,54+/m0/s1. The molecule has 110 heavy (non-hydrogen) atoms. The molecule has 2 aromatic heterocycles. The van der Waals surface area contributed by atoms with Gasteiger partial charge in [-0.15, -0.1) is 0 Å². The van der Waals surface area contributed by atoms with Crippen LogP contribution in [0.2, 0.25) is 0 Å². The molecule has 2 heterocycles. The first-order valence-corrected chi connectivity index (χ1v) is 33.9. The molecule has 0 aliphatic heterocycles. The quantitative estimate of drug-likeness (QED) is 0.0250. The van der Waals surface area contributed by atoms with Crippen molar-refractivity contribution in [1.29, 1.82) is 0 Å². The number of benzene rings is 1. The summed E-state index contributed by atoms with van der Waals surface area (Å²) in [6, 6.07) is -6.35. The number of ketones is 1. The maximum atomic E-state index is 14.5. The van der Waals surface area contributed by atoms with Crippen LogP contribution in [-0.4, -0.2) is 338 Å². The Bertz CT molecular complexity index is 3660. The van der Waals surface area contributed by atoms with Crippen molar-refractivity contribution in [3.05, 3.63) is 52.1 Å². The SMILES string of the molecule is CC(=O)[C@H](CCC(=O)NC[C@H](O)[C@@H](O)[C@H](O)[C@H](O)CO)NC(=O)[C@H](CCC(=O)O)NC(=O)[C@H](CCC(=O)NC[C@H](O)[C@@H](O)[C@H](O)[C@H](O)CO)NC(=O)[C@H](CCC(=O)O)NC(=O)[C@H](CCC(=O)NC[C@H](O)[C@@H](O)[C@H](O)[C@H](O)CO)NC(=O)CC[C@H](NC(=O)c1ccc(NCc2cnc3nc(N)[nH]c(=O)c3n2)cc1)C(=O)O. The van der Waals surface area contributed by atoms with E-state index in [1.807, 2.05) is 0 Å². The van der Waals surface area contributed by atoms with Crippen LogP contribution in [0.5, 0.6) is 0 Å². The van der Waals surface area contributed by atoms with Gasteiger partial charge in [-0.3, -0.25) is 67.3 Å². The second-order valence-electron chi connectivity index (χ2n) is 25.1. The third kappa shape index (κ3) is 32.1. The second-order valence-corrected chi connectivity index (χ2v) is 25.1. The molecule has 614 valence electrons. The lowest BCUT2D eigenvalue weighted by Gasteiger charge is -2.27. The number of carboxylic acids is 3. The molecule has 0 spiro atoms. The number of aliphatic hydroxyl groups excluding tert-OH is 15. The number of Topliss-reactive ketones (excluding diaryl/α,β-unsaturated/α-hetero) is 1. The van der Waals surface area contributed by atoms with Crippen molar-refractivity contribution in [1.82, 2.24) is 67.8 Å². The minimum absolute atomic E-state index is 0.00847. The number of nitrogens with zero attached hydrogens (tertiary/aromatic N) is 3. The summed E-state index contributed by atoms with van der Waals surface area (Å²) in [5.74, 6) is -16.9. The monoisotopic (exact) mass is 1570 g/mol. The van der Waals surface area contributed by atoms with Crippen LogP contribution in [-0.2, 0) is 64.1 Å². The van der Waals surface area contributed by atoms with Crippen molar-refractivity contribution >= 4 is 99.7 Å². The van der Waals surface area contributed by atoms with E-state index in [-0.39, 0.29) is 29.2 Å². The number of anilines is 2. The highest BCUT2D eigenvalue weighted by Crippen LogP contribution is 2.16. The van der Waals surface area contributed by atoms with Gasteiger partial charge in [-0.2, -0.15) is 4.98 Å². The highest BCUT2D eigenvalue weighted by molar-refractivity contribution is 5.98. The molecule has 0 bridgehead atoms. The molecule has 3 aromatic rings. The topological polar surface area (TPSA) is 804 Å². The van der Waals surface area contributed by atoms with Gasteiger partial charge in [-0.25, -0.2) is 14.8 Å². The second kappa shape index (κ2) is 47.0. The molecule has 0 aliphatic rings. The number of rotatable bonds is 52. The summed E-state index contributed by atoms with van der Waals surface area (Å²) in [6.07, 6.45) is -33.2. The van der Waals surface area contributed by atoms with Gasteiger partial charge in [0.2, 0.25) is 53.2 Å². The molecule has 47 heteroatoms. The molecule has 0 aliphatic carbocycles. The third-order valence-electron chi connectivity index (χ3n) is 16.5. The zero-order chi connectivity index (χ0) is 82.8. The number of hydrogen-bond donors (Lipinski definition) is 30. The number of nitrogens with two attached hydrogens (primary N) is 1. The van der Waals surface area contributed by atoms with Crippen molar-refractivity contribution < 1.29 is 154 Å². The number of carbonyl (C=O) groups excluding carboxylic acids is 10. The average Bonchev–Trinajstić information content (AvgIpc) is 0.812. The third-order valence-corrected chi connectivity index (χ3v) is 16.5. The molecule has 3 rings (SSSR count). The number of carbonyl (C=O) groups is 13. The Balaban J connectivity index is 1.98. The fourth-order valence-corrected chi connectivity index (χ4v) is 9.90. The van der Waals surface area contributed by atoms with Crippen LogP contribution in [0.4, 0.5) is 11.6 Å². The van der Waals surface area contributed by atoms with E-state index in [2.05, 4.69) is 73.1 Å². The van der Waals surface area contributed by atoms with E-state index in [1.54, 1.807) is 0 Å². The number of amides is 9. The van der Waals surface area contributed by atoms with E-state index in [0.29, 0.717) is 11.4 Å². The molecule has 18 atom stereocenters. The lowest BCUT2D eigenvalue weighted by atomic mass is 10.0. The number of aromatic nitrogens is 4. The summed E-state index contributed by atoms with van der Waals surface area (Å²) in [6.45, 7) is -4.75. The number of aliphatic carboxylic acids is 3. The highest BCUT2D eigenvalue weighted by atomic mass is 16.4. The number of nitrogens with one attached hydrogen (secondary N) is 11. The Kier molecular flexibility index (Phi) is 40.1. The molecule has 0 saturated heterocycles. The normalized spacial score (nSPS) is 16.3. The van der Waals surface area contributed by atoms with Gasteiger partial charge in [0.05, 0.1) is 62.6 Å². The van der Waals surface area contributed by atoms with Gasteiger partial charge in [0.25, 0.3) is 11.5 Å². The fraction of sp³-hybridized carbons (Fsp3) is 0.603. The summed E-state index contributed by atoms with van der Waals surface area (Å²) in [5, 5.41) is 200.